The fourth-order valence-corrected chi connectivity index (χ4v) is 4.43. The Hall–Kier alpha value is -3.85. The summed E-state index contributed by atoms with van der Waals surface area (Å²) in [5.74, 6) is 1.62. The highest BCUT2D eigenvalue weighted by Gasteiger charge is 2.20. The molecule has 5 rings (SSSR count). The molecule has 0 saturated heterocycles. The first-order chi connectivity index (χ1) is 15.4. The molecule has 0 atom stereocenters. The molecule has 2 N–H and O–H groups in total. The van der Waals surface area contributed by atoms with Gasteiger partial charge < -0.3 is 14.8 Å². The van der Waals surface area contributed by atoms with Crippen molar-refractivity contribution in [3.05, 3.63) is 71.8 Å². The van der Waals surface area contributed by atoms with E-state index in [1.807, 2.05) is 32.0 Å². The normalized spacial score (nSPS) is 12.7. The lowest BCUT2D eigenvalue weighted by molar-refractivity contribution is 0.174. The molecule has 0 aliphatic carbocycles. The molecule has 162 valence electrons. The van der Waals surface area contributed by atoms with Gasteiger partial charge in [-0.3, -0.25) is 4.72 Å². The van der Waals surface area contributed by atoms with E-state index in [9.17, 15) is 8.42 Å². The molecule has 8 nitrogen and oxygen atoms in total. The van der Waals surface area contributed by atoms with Crippen LogP contribution < -0.4 is 19.5 Å². The van der Waals surface area contributed by atoms with Crippen molar-refractivity contribution >= 4 is 38.4 Å². The second-order valence-corrected chi connectivity index (χ2v) is 9.14. The van der Waals surface area contributed by atoms with Crippen molar-refractivity contribution in [2.75, 3.05) is 16.8 Å². The maximum absolute atomic E-state index is 13.1. The van der Waals surface area contributed by atoms with Crippen molar-refractivity contribution in [3.63, 3.8) is 0 Å². The Kier molecular flexibility index (Phi) is 4.82. The maximum Gasteiger partial charge on any atom is 0.263 e. The predicted octanol–water partition coefficient (Wildman–Crippen LogP) is 4.52. The molecule has 1 aliphatic rings. The second-order valence-electron chi connectivity index (χ2n) is 7.45. The van der Waals surface area contributed by atoms with Crippen LogP contribution in [0.3, 0.4) is 0 Å². The Balaban J connectivity index is 1.56. The predicted molar refractivity (Wildman–Crippen MR) is 122 cm³/mol. The van der Waals surface area contributed by atoms with Crippen molar-refractivity contribution in [1.82, 2.24) is 9.97 Å². The number of para-hydroxylation sites is 2. The number of rotatable bonds is 5. The molecule has 3 aromatic carbocycles. The minimum atomic E-state index is -3.88. The maximum atomic E-state index is 13.1. The zero-order valence-corrected chi connectivity index (χ0v) is 18.2. The van der Waals surface area contributed by atoms with Crippen molar-refractivity contribution in [2.45, 2.75) is 18.7 Å². The number of fused-ring (bicyclic) bond motifs is 2. The summed E-state index contributed by atoms with van der Waals surface area (Å²) in [6.45, 7) is 3.97. The average Bonchev–Trinajstić information content (AvgIpc) is 3.23. The summed E-state index contributed by atoms with van der Waals surface area (Å²) in [6.07, 6.45) is 0. The van der Waals surface area contributed by atoms with Crippen molar-refractivity contribution in [2.24, 2.45) is 0 Å². The molecular formula is C23H20N4O4S. The first-order valence-electron chi connectivity index (χ1n) is 9.93. The summed E-state index contributed by atoms with van der Waals surface area (Å²) >= 11 is 0. The van der Waals surface area contributed by atoms with Gasteiger partial charge in [0.1, 0.15) is 0 Å². The molecule has 0 saturated carbocycles. The van der Waals surface area contributed by atoms with Crippen LogP contribution in [0.4, 0.5) is 17.3 Å². The van der Waals surface area contributed by atoms with Gasteiger partial charge in [0.25, 0.3) is 10.0 Å². The van der Waals surface area contributed by atoms with Gasteiger partial charge in [0.15, 0.2) is 23.1 Å². The Bertz CT molecular complexity index is 1450. The molecule has 1 aliphatic heterocycles. The van der Waals surface area contributed by atoms with E-state index in [4.69, 9.17) is 9.47 Å². The van der Waals surface area contributed by atoms with Gasteiger partial charge in [-0.25, -0.2) is 18.4 Å². The first kappa shape index (κ1) is 20.1. The van der Waals surface area contributed by atoms with Crippen LogP contribution in [0.25, 0.3) is 11.0 Å². The van der Waals surface area contributed by atoms with Gasteiger partial charge in [0.05, 0.1) is 15.9 Å². The number of aryl methyl sites for hydroxylation is 2. The van der Waals surface area contributed by atoms with Crippen molar-refractivity contribution in [1.29, 1.82) is 0 Å². The highest BCUT2D eigenvalue weighted by Crippen LogP contribution is 2.36. The Morgan fingerprint density at radius 2 is 1.53 bits per heavy atom. The molecule has 4 aromatic rings. The Morgan fingerprint density at radius 3 is 2.28 bits per heavy atom. The van der Waals surface area contributed by atoms with E-state index in [-0.39, 0.29) is 23.3 Å². The largest absolute Gasteiger partial charge is 0.454 e. The second kappa shape index (κ2) is 7.69. The van der Waals surface area contributed by atoms with E-state index in [1.165, 1.54) is 0 Å². The van der Waals surface area contributed by atoms with Gasteiger partial charge in [-0.1, -0.05) is 18.2 Å². The monoisotopic (exact) mass is 448 g/mol. The molecule has 32 heavy (non-hydrogen) atoms. The van der Waals surface area contributed by atoms with E-state index in [2.05, 4.69) is 20.0 Å². The van der Waals surface area contributed by atoms with Crippen molar-refractivity contribution < 1.29 is 17.9 Å². The van der Waals surface area contributed by atoms with Crippen LogP contribution in [-0.2, 0) is 10.0 Å². The quantitative estimate of drug-likeness (QED) is 0.463. The minimum Gasteiger partial charge on any atom is -0.454 e. The molecule has 0 bridgehead atoms. The van der Waals surface area contributed by atoms with E-state index in [1.54, 1.807) is 42.5 Å². The van der Waals surface area contributed by atoms with Crippen LogP contribution in [0, 0.1) is 13.8 Å². The molecule has 2 heterocycles. The highest BCUT2D eigenvalue weighted by molar-refractivity contribution is 7.92. The van der Waals surface area contributed by atoms with Crippen LogP contribution in [0.5, 0.6) is 11.5 Å². The third-order valence-electron chi connectivity index (χ3n) is 5.23. The van der Waals surface area contributed by atoms with Crippen LogP contribution >= 0.6 is 0 Å². The summed E-state index contributed by atoms with van der Waals surface area (Å²) in [5.41, 5.74) is 3.76. The van der Waals surface area contributed by atoms with E-state index >= 15 is 0 Å². The third-order valence-corrected chi connectivity index (χ3v) is 6.56. The molecule has 9 heteroatoms. The summed E-state index contributed by atoms with van der Waals surface area (Å²) in [6, 6.07) is 17.6. The number of hydrogen-bond donors (Lipinski definition) is 2. The molecule has 0 fully saturated rings. The van der Waals surface area contributed by atoms with Crippen LogP contribution in [0.2, 0.25) is 0 Å². The summed E-state index contributed by atoms with van der Waals surface area (Å²) < 4.78 is 39.6. The number of sulfonamides is 1. The van der Waals surface area contributed by atoms with E-state index < -0.39 is 10.0 Å². The van der Waals surface area contributed by atoms with Crippen LogP contribution in [0.1, 0.15) is 11.1 Å². The minimum absolute atomic E-state index is 0.0968. The smallest absolute Gasteiger partial charge is 0.263 e. The molecule has 1 aromatic heterocycles. The Labute approximate surface area is 185 Å². The molecule has 0 radical (unpaired) electrons. The number of hydrogen-bond acceptors (Lipinski definition) is 7. The van der Waals surface area contributed by atoms with Crippen LogP contribution in [0.15, 0.2) is 65.6 Å². The topological polar surface area (TPSA) is 102 Å². The van der Waals surface area contributed by atoms with Gasteiger partial charge in [-0.05, 0) is 61.4 Å². The molecule has 0 spiro atoms. The van der Waals surface area contributed by atoms with Crippen molar-refractivity contribution in [3.8, 4) is 11.5 Å². The first-order valence-corrected chi connectivity index (χ1v) is 11.4. The lowest BCUT2D eigenvalue weighted by Gasteiger charge is -2.14. The van der Waals surface area contributed by atoms with Gasteiger partial charge in [-0.15, -0.1) is 0 Å². The number of nitrogens with zero attached hydrogens (tertiary/aromatic N) is 2. The molecule has 0 unspecified atom stereocenters. The van der Waals surface area contributed by atoms with E-state index in [0.29, 0.717) is 28.2 Å². The average molecular weight is 449 g/mol. The zero-order chi connectivity index (χ0) is 22.3. The van der Waals surface area contributed by atoms with Gasteiger partial charge in [0, 0.05) is 11.8 Å². The number of benzene rings is 3. The highest BCUT2D eigenvalue weighted by atomic mass is 32.2. The van der Waals surface area contributed by atoms with Gasteiger partial charge >= 0.3 is 0 Å². The third kappa shape index (κ3) is 3.78. The number of nitrogens with one attached hydrogen (secondary N) is 2. The SMILES string of the molecule is Cc1ccc(S(=O)(=O)Nc2nc3ccccc3nc2Nc2ccc3c(c2)OCO3)cc1C. The zero-order valence-electron chi connectivity index (χ0n) is 17.4. The Morgan fingerprint density at radius 1 is 0.812 bits per heavy atom. The fraction of sp³-hybridized carbons (Fsp3) is 0.130. The summed E-state index contributed by atoms with van der Waals surface area (Å²) in [4.78, 5) is 9.28. The van der Waals surface area contributed by atoms with E-state index in [0.717, 1.165) is 11.1 Å². The van der Waals surface area contributed by atoms with Crippen LogP contribution in [-0.4, -0.2) is 25.2 Å². The fourth-order valence-electron chi connectivity index (χ4n) is 3.34. The lowest BCUT2D eigenvalue weighted by Crippen LogP contribution is -2.16. The summed E-state index contributed by atoms with van der Waals surface area (Å²) in [7, 11) is -3.88. The number of aromatic nitrogens is 2. The number of ether oxygens (including phenoxy) is 2. The number of anilines is 3. The molecular weight excluding hydrogens is 428 g/mol. The summed E-state index contributed by atoms with van der Waals surface area (Å²) in [5, 5.41) is 3.15. The van der Waals surface area contributed by atoms with Gasteiger partial charge in [-0.2, -0.15) is 0 Å². The standard InChI is InChI=1S/C23H20N4O4S/c1-14-7-9-17(11-15(14)2)32(28,29)27-23-22(25-18-5-3-4-6-19(18)26-23)24-16-8-10-20-21(12-16)31-13-30-20/h3-12H,13H2,1-2H3,(H,24,25)(H,26,27). The lowest BCUT2D eigenvalue weighted by atomic mass is 10.1. The van der Waals surface area contributed by atoms with Gasteiger partial charge in [0.2, 0.25) is 6.79 Å². The molecule has 0 amide bonds.